The van der Waals surface area contributed by atoms with Crippen molar-refractivity contribution in [3.8, 4) is 0 Å². The Morgan fingerprint density at radius 1 is 1.38 bits per heavy atom. The number of hydrogen-bond acceptors (Lipinski definition) is 5. The van der Waals surface area contributed by atoms with Gasteiger partial charge in [0.15, 0.2) is 5.82 Å². The van der Waals surface area contributed by atoms with Gasteiger partial charge in [-0.05, 0) is 11.6 Å². The summed E-state index contributed by atoms with van der Waals surface area (Å²) >= 11 is 0. The normalized spacial score (nSPS) is 19.3. The van der Waals surface area contributed by atoms with Gasteiger partial charge in [-0.3, -0.25) is 9.69 Å². The van der Waals surface area contributed by atoms with E-state index in [0.717, 1.165) is 6.07 Å². The van der Waals surface area contributed by atoms with Gasteiger partial charge in [0.1, 0.15) is 6.04 Å². The average molecular weight is 340 g/mol. The first-order valence-electron chi connectivity index (χ1n) is 7.33. The van der Waals surface area contributed by atoms with Crippen LogP contribution in [0.3, 0.4) is 0 Å². The summed E-state index contributed by atoms with van der Waals surface area (Å²) in [5.74, 6) is 0.216. The molecule has 6 nitrogen and oxygen atoms in total. The number of amides is 1. The highest BCUT2D eigenvalue weighted by Crippen LogP contribution is 2.37. The first-order valence-corrected chi connectivity index (χ1v) is 7.33. The van der Waals surface area contributed by atoms with Crippen molar-refractivity contribution in [2.75, 3.05) is 13.1 Å². The monoisotopic (exact) mass is 340 g/mol. The van der Waals surface area contributed by atoms with E-state index < -0.39 is 23.7 Å². The average Bonchev–Trinajstić information content (AvgIpc) is 2.92. The second kappa shape index (κ2) is 6.23. The van der Waals surface area contributed by atoms with Gasteiger partial charge < -0.3 is 9.84 Å². The van der Waals surface area contributed by atoms with Gasteiger partial charge in [0.2, 0.25) is 11.8 Å². The van der Waals surface area contributed by atoms with E-state index in [-0.39, 0.29) is 12.1 Å². The second-order valence-corrected chi connectivity index (χ2v) is 5.48. The summed E-state index contributed by atoms with van der Waals surface area (Å²) in [7, 11) is 0. The van der Waals surface area contributed by atoms with Gasteiger partial charge in [0.25, 0.3) is 0 Å². The SMILES string of the molecule is Cc1nc(CN2CCNC(=O)C2c2ccccc2C(F)(F)F)no1. The van der Waals surface area contributed by atoms with E-state index in [2.05, 4.69) is 15.5 Å². The highest BCUT2D eigenvalue weighted by atomic mass is 19.4. The van der Waals surface area contributed by atoms with Crippen LogP contribution in [-0.4, -0.2) is 34.0 Å². The predicted molar refractivity (Wildman–Crippen MR) is 76.6 cm³/mol. The van der Waals surface area contributed by atoms with E-state index in [1.165, 1.54) is 18.2 Å². The van der Waals surface area contributed by atoms with Gasteiger partial charge in [-0.25, -0.2) is 0 Å². The van der Waals surface area contributed by atoms with Gasteiger partial charge in [-0.15, -0.1) is 0 Å². The van der Waals surface area contributed by atoms with Crippen LogP contribution in [0.2, 0.25) is 0 Å². The molecule has 2 aromatic rings. The van der Waals surface area contributed by atoms with Crippen LogP contribution >= 0.6 is 0 Å². The Morgan fingerprint density at radius 2 is 2.12 bits per heavy atom. The number of carbonyl (C=O) groups excluding carboxylic acids is 1. The molecular formula is C15H15F3N4O2. The largest absolute Gasteiger partial charge is 0.416 e. The van der Waals surface area contributed by atoms with Crippen molar-refractivity contribution >= 4 is 5.91 Å². The van der Waals surface area contributed by atoms with Crippen molar-refractivity contribution in [2.24, 2.45) is 0 Å². The lowest BCUT2D eigenvalue weighted by atomic mass is 9.96. The van der Waals surface area contributed by atoms with E-state index in [1.807, 2.05) is 0 Å². The number of rotatable bonds is 3. The van der Waals surface area contributed by atoms with E-state index in [9.17, 15) is 18.0 Å². The highest BCUT2D eigenvalue weighted by Gasteiger charge is 2.40. The van der Waals surface area contributed by atoms with E-state index in [0.29, 0.717) is 24.8 Å². The Balaban J connectivity index is 1.97. The molecule has 1 aromatic carbocycles. The van der Waals surface area contributed by atoms with Crippen LogP contribution in [0.5, 0.6) is 0 Å². The smallest absolute Gasteiger partial charge is 0.353 e. The van der Waals surface area contributed by atoms with E-state index in [1.54, 1.807) is 11.8 Å². The summed E-state index contributed by atoms with van der Waals surface area (Å²) in [5, 5.41) is 6.37. The molecule has 1 atom stereocenters. The number of nitrogens with one attached hydrogen (secondary N) is 1. The summed E-state index contributed by atoms with van der Waals surface area (Å²) in [6, 6.07) is 4.04. The standard InChI is InChI=1S/C15H15F3N4O2/c1-9-20-12(21-24-9)8-22-7-6-19-14(23)13(22)10-4-2-3-5-11(10)15(16,17)18/h2-5,13H,6-8H2,1H3,(H,19,23). The summed E-state index contributed by atoms with van der Waals surface area (Å²) in [6.45, 7) is 2.48. The third-order valence-electron chi connectivity index (χ3n) is 3.79. The zero-order valence-corrected chi connectivity index (χ0v) is 12.8. The predicted octanol–water partition coefficient (Wildman–Crippen LogP) is 2.07. The van der Waals surface area contributed by atoms with Crippen LogP contribution in [0, 0.1) is 6.92 Å². The minimum absolute atomic E-state index is 0.0811. The number of hydrogen-bond donors (Lipinski definition) is 1. The van der Waals surface area contributed by atoms with Gasteiger partial charge in [-0.2, -0.15) is 18.2 Å². The molecule has 1 saturated heterocycles. The molecule has 1 aliphatic heterocycles. The Bertz CT molecular complexity index is 744. The first kappa shape index (κ1) is 16.4. The lowest BCUT2D eigenvalue weighted by molar-refractivity contribution is -0.140. The molecule has 3 rings (SSSR count). The maximum absolute atomic E-state index is 13.3. The van der Waals surface area contributed by atoms with Crippen molar-refractivity contribution < 1.29 is 22.5 Å². The molecule has 0 bridgehead atoms. The number of aryl methyl sites for hydroxylation is 1. The van der Waals surface area contributed by atoms with Gasteiger partial charge in [0, 0.05) is 20.0 Å². The molecule has 1 aliphatic rings. The molecule has 1 fully saturated rings. The third-order valence-corrected chi connectivity index (χ3v) is 3.79. The highest BCUT2D eigenvalue weighted by molar-refractivity contribution is 5.84. The molecule has 0 aliphatic carbocycles. The van der Waals surface area contributed by atoms with Crippen LogP contribution in [0.1, 0.15) is 28.9 Å². The molecule has 2 heterocycles. The number of benzene rings is 1. The lowest BCUT2D eigenvalue weighted by Gasteiger charge is -2.35. The van der Waals surface area contributed by atoms with Crippen molar-refractivity contribution in [3.63, 3.8) is 0 Å². The van der Waals surface area contributed by atoms with Gasteiger partial charge >= 0.3 is 6.18 Å². The van der Waals surface area contributed by atoms with Crippen molar-refractivity contribution in [1.29, 1.82) is 0 Å². The molecule has 0 radical (unpaired) electrons. The molecule has 128 valence electrons. The molecule has 9 heteroatoms. The molecule has 24 heavy (non-hydrogen) atoms. The van der Waals surface area contributed by atoms with E-state index >= 15 is 0 Å². The summed E-state index contributed by atoms with van der Waals surface area (Å²) in [5.41, 5.74) is -0.899. The number of halogens is 3. The van der Waals surface area contributed by atoms with Crippen molar-refractivity contribution in [1.82, 2.24) is 20.4 Å². The fourth-order valence-electron chi connectivity index (χ4n) is 2.80. The molecule has 1 amide bonds. The van der Waals surface area contributed by atoms with Gasteiger partial charge in [0.05, 0.1) is 12.1 Å². The molecular weight excluding hydrogens is 325 g/mol. The molecule has 0 saturated carbocycles. The lowest BCUT2D eigenvalue weighted by Crippen LogP contribution is -2.50. The van der Waals surface area contributed by atoms with Crippen LogP contribution in [0.25, 0.3) is 0 Å². The van der Waals surface area contributed by atoms with Crippen LogP contribution in [-0.2, 0) is 17.5 Å². The van der Waals surface area contributed by atoms with Crippen LogP contribution in [0.4, 0.5) is 13.2 Å². The Hall–Kier alpha value is -2.42. The van der Waals surface area contributed by atoms with E-state index in [4.69, 9.17) is 4.52 Å². The maximum atomic E-state index is 13.3. The fourth-order valence-corrected chi connectivity index (χ4v) is 2.80. The zero-order valence-electron chi connectivity index (χ0n) is 12.8. The molecule has 1 aromatic heterocycles. The Labute approximate surface area is 135 Å². The number of aromatic nitrogens is 2. The number of nitrogens with zero attached hydrogens (tertiary/aromatic N) is 3. The quantitative estimate of drug-likeness (QED) is 0.926. The molecule has 1 unspecified atom stereocenters. The van der Waals surface area contributed by atoms with Crippen LogP contribution in [0.15, 0.2) is 28.8 Å². The topological polar surface area (TPSA) is 71.3 Å². The first-order chi connectivity index (χ1) is 11.4. The number of carbonyl (C=O) groups is 1. The zero-order chi connectivity index (χ0) is 17.3. The minimum atomic E-state index is -4.54. The van der Waals surface area contributed by atoms with Crippen molar-refractivity contribution in [3.05, 3.63) is 47.1 Å². The molecule has 1 N–H and O–H groups in total. The fraction of sp³-hybridized carbons (Fsp3) is 0.400. The van der Waals surface area contributed by atoms with Crippen LogP contribution < -0.4 is 5.32 Å². The summed E-state index contributed by atoms with van der Waals surface area (Å²) < 4.78 is 44.8. The minimum Gasteiger partial charge on any atom is -0.353 e. The summed E-state index contributed by atoms with van der Waals surface area (Å²) in [4.78, 5) is 18.0. The second-order valence-electron chi connectivity index (χ2n) is 5.48. The number of alkyl halides is 3. The maximum Gasteiger partial charge on any atom is 0.416 e. The number of piperazine rings is 1. The van der Waals surface area contributed by atoms with Gasteiger partial charge in [-0.1, -0.05) is 23.4 Å². The Kier molecular flexibility index (Phi) is 4.27. The summed E-state index contributed by atoms with van der Waals surface area (Å²) in [6.07, 6.45) is -4.54. The van der Waals surface area contributed by atoms with Crippen molar-refractivity contribution in [2.45, 2.75) is 25.7 Å². The molecule has 0 spiro atoms. The Morgan fingerprint density at radius 3 is 2.79 bits per heavy atom. The third kappa shape index (κ3) is 3.25.